The van der Waals surface area contributed by atoms with Gasteiger partial charge >= 0.3 is 8.60 Å². The van der Waals surface area contributed by atoms with Crippen molar-refractivity contribution in [3.8, 4) is 5.75 Å². The molecule has 1 aromatic rings. The molecule has 0 atom stereocenters. The number of rotatable bonds is 2. The summed E-state index contributed by atoms with van der Waals surface area (Å²) in [7, 11) is -2.31. The predicted molar refractivity (Wildman–Crippen MR) is 30.6 cm³/mol. The quantitative estimate of drug-likeness (QED) is 0.516. The Balaban J connectivity index is 2.48. The summed E-state index contributed by atoms with van der Waals surface area (Å²) in [6.45, 7) is 0. The van der Waals surface area contributed by atoms with E-state index in [9.17, 15) is 0 Å². The third kappa shape index (κ3) is 1.97. The molecule has 0 saturated heterocycles. The van der Waals surface area contributed by atoms with Gasteiger partial charge in [-0.15, -0.1) is 0 Å². The molecule has 0 unspecified atom stereocenters. The van der Waals surface area contributed by atoms with Crippen LogP contribution in [0.4, 0.5) is 0 Å². The molecule has 1 aromatic heterocycles. The van der Waals surface area contributed by atoms with Crippen molar-refractivity contribution in [2.45, 2.75) is 0 Å². The molecule has 50 valence electrons. The van der Waals surface area contributed by atoms with Crippen molar-refractivity contribution >= 4 is 8.60 Å². The first-order valence-corrected chi connectivity index (χ1v) is 3.30. The first-order valence-electron chi connectivity index (χ1n) is 2.13. The summed E-state index contributed by atoms with van der Waals surface area (Å²) in [4.78, 5) is 16.6. The van der Waals surface area contributed by atoms with Crippen molar-refractivity contribution < 1.29 is 14.3 Å². The number of H-pyrrole nitrogens is 1. The number of hydrogen-bond donors (Lipinski definition) is 3. The second kappa shape index (κ2) is 2.77. The van der Waals surface area contributed by atoms with Gasteiger partial charge in [0.15, 0.2) is 5.75 Å². The summed E-state index contributed by atoms with van der Waals surface area (Å²) in [6.07, 6.45) is 2.77. The monoisotopic (exact) mass is 148 g/mol. The molecule has 0 bridgehead atoms. The van der Waals surface area contributed by atoms with Crippen LogP contribution in [0, 0.1) is 0 Å². The van der Waals surface area contributed by atoms with E-state index in [1.807, 2.05) is 0 Å². The number of nitrogens with zero attached hydrogens (tertiary/aromatic N) is 1. The fourth-order valence-corrected chi connectivity index (χ4v) is 0.672. The molecule has 6 heteroatoms. The van der Waals surface area contributed by atoms with Crippen LogP contribution in [0.1, 0.15) is 0 Å². The Morgan fingerprint density at radius 3 is 2.89 bits per heavy atom. The van der Waals surface area contributed by atoms with Crippen LogP contribution in [0.25, 0.3) is 0 Å². The van der Waals surface area contributed by atoms with Gasteiger partial charge < -0.3 is 14.3 Å². The van der Waals surface area contributed by atoms with E-state index >= 15 is 0 Å². The Morgan fingerprint density at radius 2 is 2.44 bits per heavy atom. The second-order valence-corrected chi connectivity index (χ2v) is 1.97. The van der Waals surface area contributed by atoms with E-state index in [0.717, 1.165) is 0 Å². The lowest BCUT2D eigenvalue weighted by atomic mass is 10.7. The smallest absolute Gasteiger partial charge is 0.391 e. The SMILES string of the molecule is OP(O)Oc1cn[nH]c1. The second-order valence-electron chi connectivity index (χ2n) is 1.28. The Hall–Kier alpha value is -0.640. The zero-order valence-corrected chi connectivity index (χ0v) is 5.25. The lowest BCUT2D eigenvalue weighted by molar-refractivity contribution is 0.375. The Labute approximate surface area is 52.3 Å². The molecule has 0 amide bonds. The lowest BCUT2D eigenvalue weighted by Gasteiger charge is -1.98. The topological polar surface area (TPSA) is 78.4 Å². The minimum Gasteiger partial charge on any atom is -0.424 e. The highest BCUT2D eigenvalue weighted by Crippen LogP contribution is 2.27. The molecule has 1 heterocycles. The minimum absolute atomic E-state index is 0.325. The van der Waals surface area contributed by atoms with Crippen molar-refractivity contribution in [3.63, 3.8) is 0 Å². The molecule has 0 aromatic carbocycles. The van der Waals surface area contributed by atoms with Crippen LogP contribution < -0.4 is 4.52 Å². The lowest BCUT2D eigenvalue weighted by Crippen LogP contribution is -1.80. The van der Waals surface area contributed by atoms with E-state index < -0.39 is 8.60 Å². The van der Waals surface area contributed by atoms with Gasteiger partial charge in [0.2, 0.25) is 0 Å². The summed E-state index contributed by atoms with van der Waals surface area (Å²) in [5.74, 6) is 0.325. The van der Waals surface area contributed by atoms with Crippen LogP contribution in [0.3, 0.4) is 0 Å². The van der Waals surface area contributed by atoms with Crippen molar-refractivity contribution in [1.82, 2.24) is 10.2 Å². The minimum atomic E-state index is -2.31. The molecular weight excluding hydrogens is 143 g/mol. The number of aromatic nitrogens is 2. The van der Waals surface area contributed by atoms with Gasteiger partial charge in [0, 0.05) is 0 Å². The molecule has 1 rings (SSSR count). The number of hydrogen-bond acceptors (Lipinski definition) is 4. The van der Waals surface area contributed by atoms with E-state index in [4.69, 9.17) is 9.79 Å². The number of nitrogens with one attached hydrogen (secondary N) is 1. The van der Waals surface area contributed by atoms with Crippen LogP contribution in [0.2, 0.25) is 0 Å². The maximum Gasteiger partial charge on any atom is 0.391 e. The highest BCUT2D eigenvalue weighted by molar-refractivity contribution is 7.39. The summed E-state index contributed by atoms with van der Waals surface area (Å²) in [6, 6.07) is 0. The van der Waals surface area contributed by atoms with Gasteiger partial charge in [-0.1, -0.05) is 0 Å². The largest absolute Gasteiger partial charge is 0.424 e. The molecule has 0 saturated carbocycles. The Morgan fingerprint density at radius 1 is 1.67 bits per heavy atom. The van der Waals surface area contributed by atoms with E-state index in [1.165, 1.54) is 12.4 Å². The molecule has 0 aliphatic heterocycles. The van der Waals surface area contributed by atoms with E-state index in [2.05, 4.69) is 14.7 Å². The summed E-state index contributed by atoms with van der Waals surface area (Å²) >= 11 is 0. The molecule has 5 nitrogen and oxygen atoms in total. The van der Waals surface area contributed by atoms with Crippen molar-refractivity contribution in [3.05, 3.63) is 12.4 Å². The fraction of sp³-hybridized carbons (Fsp3) is 0. The molecule has 0 radical (unpaired) electrons. The zero-order valence-electron chi connectivity index (χ0n) is 4.35. The van der Waals surface area contributed by atoms with Crippen LogP contribution in [0.5, 0.6) is 5.75 Å². The Kier molecular flexibility index (Phi) is 2.00. The summed E-state index contributed by atoms with van der Waals surface area (Å²) in [5, 5.41) is 5.96. The van der Waals surface area contributed by atoms with Gasteiger partial charge in [-0.3, -0.25) is 5.10 Å². The van der Waals surface area contributed by atoms with E-state index in [-0.39, 0.29) is 0 Å². The maximum absolute atomic E-state index is 8.28. The third-order valence-electron chi connectivity index (χ3n) is 0.660. The first kappa shape index (κ1) is 6.48. The van der Waals surface area contributed by atoms with Crippen molar-refractivity contribution in [2.24, 2.45) is 0 Å². The molecular formula is C3H5N2O3P. The molecule has 0 spiro atoms. The highest BCUT2D eigenvalue weighted by Gasteiger charge is 2.01. The maximum atomic E-state index is 8.28. The first-order chi connectivity index (χ1) is 4.29. The van der Waals surface area contributed by atoms with Crippen LogP contribution in [-0.2, 0) is 0 Å². The molecule has 0 fully saturated rings. The predicted octanol–water partition coefficient (Wildman–Crippen LogP) is -0.0000000000000000555. The summed E-state index contributed by atoms with van der Waals surface area (Å²) < 4.78 is 4.44. The molecule has 3 N–H and O–H groups in total. The highest BCUT2D eigenvalue weighted by atomic mass is 31.2. The zero-order chi connectivity index (χ0) is 6.69. The van der Waals surface area contributed by atoms with Gasteiger partial charge in [-0.05, 0) is 0 Å². The third-order valence-corrected chi connectivity index (χ3v) is 1.03. The molecule has 0 aliphatic rings. The van der Waals surface area contributed by atoms with Gasteiger partial charge in [0.25, 0.3) is 0 Å². The van der Waals surface area contributed by atoms with E-state index in [0.29, 0.717) is 5.75 Å². The Bertz CT molecular complexity index is 164. The van der Waals surface area contributed by atoms with Gasteiger partial charge in [-0.25, -0.2) is 0 Å². The average molecular weight is 148 g/mol. The molecule has 9 heavy (non-hydrogen) atoms. The van der Waals surface area contributed by atoms with Crippen LogP contribution in [-0.4, -0.2) is 20.0 Å². The van der Waals surface area contributed by atoms with Gasteiger partial charge in [0.1, 0.15) is 0 Å². The average Bonchev–Trinajstić information content (AvgIpc) is 2.15. The van der Waals surface area contributed by atoms with E-state index in [1.54, 1.807) is 0 Å². The van der Waals surface area contributed by atoms with Crippen molar-refractivity contribution in [1.29, 1.82) is 0 Å². The van der Waals surface area contributed by atoms with Crippen molar-refractivity contribution in [2.75, 3.05) is 0 Å². The normalized spacial score (nSPS) is 10.1. The van der Waals surface area contributed by atoms with Gasteiger partial charge in [0.05, 0.1) is 12.4 Å². The standard InChI is InChI=1S/C3H5N2O3P/c6-9(7)8-3-1-4-5-2-3/h1-2,6-7H,(H,4,5). The number of aromatic amines is 1. The molecule has 0 aliphatic carbocycles. The van der Waals surface area contributed by atoms with Crippen LogP contribution in [0.15, 0.2) is 12.4 Å². The fourth-order valence-electron chi connectivity index (χ4n) is 0.383. The van der Waals surface area contributed by atoms with Crippen LogP contribution >= 0.6 is 8.60 Å². The van der Waals surface area contributed by atoms with Gasteiger partial charge in [-0.2, -0.15) is 5.10 Å². The summed E-state index contributed by atoms with van der Waals surface area (Å²) in [5.41, 5.74) is 0.